The average molecular weight is 314 g/mol. The van der Waals surface area contributed by atoms with Crippen LogP contribution in [0.25, 0.3) is 0 Å². The lowest BCUT2D eigenvalue weighted by atomic mass is 10.2. The molecule has 0 radical (unpaired) electrons. The summed E-state index contributed by atoms with van der Waals surface area (Å²) >= 11 is 0. The van der Waals surface area contributed by atoms with Crippen LogP contribution in [0, 0.1) is 19.7 Å². The van der Waals surface area contributed by atoms with Gasteiger partial charge in [0, 0.05) is 25.6 Å². The first-order valence-electron chi connectivity index (χ1n) is 6.14. The fourth-order valence-electron chi connectivity index (χ4n) is 1.69. The van der Waals surface area contributed by atoms with Crippen LogP contribution in [0.3, 0.4) is 0 Å². The van der Waals surface area contributed by atoms with Gasteiger partial charge in [0.15, 0.2) is 5.82 Å². The zero-order valence-corrected chi connectivity index (χ0v) is 12.4. The van der Waals surface area contributed by atoms with Crippen molar-refractivity contribution in [2.24, 2.45) is 0 Å². The predicted octanol–water partition coefficient (Wildman–Crippen LogP) is 0.929. The van der Waals surface area contributed by atoms with Crippen molar-refractivity contribution in [1.82, 2.24) is 14.9 Å². The molecule has 0 saturated carbocycles. The van der Waals surface area contributed by atoms with E-state index in [1.54, 1.807) is 13.8 Å². The highest BCUT2D eigenvalue weighted by Crippen LogP contribution is 2.21. The van der Waals surface area contributed by atoms with E-state index in [-0.39, 0.29) is 18.7 Å². The van der Waals surface area contributed by atoms with E-state index in [0.717, 1.165) is 12.1 Å². The van der Waals surface area contributed by atoms with Crippen LogP contribution >= 0.6 is 0 Å². The molecule has 7 nitrogen and oxygen atoms in total. The van der Waals surface area contributed by atoms with Crippen LogP contribution in [-0.4, -0.2) is 25.1 Å². The molecule has 0 amide bonds. The van der Waals surface area contributed by atoms with E-state index in [0.29, 0.717) is 17.3 Å². The van der Waals surface area contributed by atoms with Gasteiger partial charge in [0.05, 0.1) is 0 Å². The van der Waals surface area contributed by atoms with Gasteiger partial charge in [-0.25, -0.2) is 17.5 Å². The molecule has 0 atom stereocenters. The summed E-state index contributed by atoms with van der Waals surface area (Å²) in [4.78, 5) is 3.46. The van der Waals surface area contributed by atoms with Crippen molar-refractivity contribution in [2.45, 2.75) is 25.2 Å². The molecule has 0 aliphatic heterocycles. The summed E-state index contributed by atoms with van der Waals surface area (Å²) in [5.41, 5.74) is 6.31. The van der Waals surface area contributed by atoms with Crippen molar-refractivity contribution >= 4 is 15.7 Å². The molecule has 1 aromatic heterocycles. The van der Waals surface area contributed by atoms with Gasteiger partial charge in [0.25, 0.3) is 0 Å². The third-order valence-corrected chi connectivity index (χ3v) is 4.30. The van der Waals surface area contributed by atoms with Gasteiger partial charge in [-0.2, -0.15) is 4.98 Å². The Morgan fingerprint density at radius 3 is 2.71 bits per heavy atom. The summed E-state index contributed by atoms with van der Waals surface area (Å²) in [6.45, 7) is 3.25. The van der Waals surface area contributed by atoms with Crippen molar-refractivity contribution in [1.29, 1.82) is 0 Å². The molecule has 0 unspecified atom stereocenters. The first-order valence-corrected chi connectivity index (χ1v) is 7.62. The van der Waals surface area contributed by atoms with Gasteiger partial charge < -0.3 is 10.3 Å². The fraction of sp³-hybridized carbons (Fsp3) is 0.333. The van der Waals surface area contributed by atoms with E-state index in [1.807, 2.05) is 0 Å². The third kappa shape index (κ3) is 3.56. The monoisotopic (exact) mass is 314 g/mol. The zero-order valence-electron chi connectivity index (χ0n) is 11.6. The molecule has 0 saturated heterocycles. The number of halogens is 1. The predicted molar refractivity (Wildman–Crippen MR) is 73.5 cm³/mol. The summed E-state index contributed by atoms with van der Waals surface area (Å²) in [5.74, 6) is -0.0751. The Labute approximate surface area is 121 Å². The molecule has 2 aromatic rings. The number of aromatic nitrogens is 2. The summed E-state index contributed by atoms with van der Waals surface area (Å²) in [7, 11) is -3.98. The summed E-state index contributed by atoms with van der Waals surface area (Å²) in [6.07, 6.45) is 0.236. The van der Waals surface area contributed by atoms with Crippen molar-refractivity contribution in [3.63, 3.8) is 0 Å². The van der Waals surface area contributed by atoms with Gasteiger partial charge >= 0.3 is 0 Å². The van der Waals surface area contributed by atoms with E-state index in [4.69, 9.17) is 10.3 Å². The maximum atomic E-state index is 13.8. The molecule has 21 heavy (non-hydrogen) atoms. The molecule has 1 aromatic carbocycles. The number of nitrogen functional groups attached to an aromatic ring is 1. The second-order valence-electron chi connectivity index (χ2n) is 4.52. The highest BCUT2D eigenvalue weighted by atomic mass is 32.2. The topological polar surface area (TPSA) is 111 Å². The molecule has 2 rings (SSSR count). The number of anilines is 1. The largest absolute Gasteiger partial charge is 0.398 e. The Balaban J connectivity index is 2.10. The first kappa shape index (κ1) is 15.4. The van der Waals surface area contributed by atoms with Gasteiger partial charge in [0.2, 0.25) is 15.9 Å². The summed E-state index contributed by atoms with van der Waals surface area (Å²) in [5, 5.41) is 3.64. The van der Waals surface area contributed by atoms with Gasteiger partial charge in [-0.1, -0.05) is 5.16 Å². The van der Waals surface area contributed by atoms with Crippen LogP contribution in [0.5, 0.6) is 0 Å². The Kier molecular flexibility index (Phi) is 4.24. The number of hydrogen-bond donors (Lipinski definition) is 2. The van der Waals surface area contributed by atoms with E-state index >= 15 is 0 Å². The number of rotatable bonds is 5. The molecular formula is C12H15FN4O3S. The van der Waals surface area contributed by atoms with Gasteiger partial charge in [0.1, 0.15) is 10.7 Å². The van der Waals surface area contributed by atoms with Crippen LogP contribution < -0.4 is 10.5 Å². The van der Waals surface area contributed by atoms with Gasteiger partial charge in [-0.15, -0.1) is 0 Å². The van der Waals surface area contributed by atoms with E-state index < -0.39 is 20.7 Å². The molecule has 114 valence electrons. The molecule has 9 heteroatoms. The Morgan fingerprint density at radius 1 is 1.38 bits per heavy atom. The smallest absolute Gasteiger partial charge is 0.243 e. The lowest BCUT2D eigenvalue weighted by molar-refractivity contribution is 0.387. The van der Waals surface area contributed by atoms with Crippen molar-refractivity contribution in [3.8, 4) is 0 Å². The minimum atomic E-state index is -3.98. The van der Waals surface area contributed by atoms with Crippen LogP contribution in [0.15, 0.2) is 21.6 Å². The Hall–Kier alpha value is -2.00. The number of hydrogen-bond acceptors (Lipinski definition) is 6. The fourth-order valence-corrected chi connectivity index (χ4v) is 2.82. The highest BCUT2D eigenvalue weighted by molar-refractivity contribution is 7.89. The maximum Gasteiger partial charge on any atom is 0.243 e. The Morgan fingerprint density at radius 2 is 2.10 bits per heavy atom. The highest BCUT2D eigenvalue weighted by Gasteiger charge is 2.20. The molecule has 0 aliphatic carbocycles. The molecule has 0 fully saturated rings. The minimum absolute atomic E-state index is 0.0223. The van der Waals surface area contributed by atoms with Gasteiger partial charge in [-0.3, -0.25) is 0 Å². The summed E-state index contributed by atoms with van der Waals surface area (Å²) in [6, 6.07) is 2.19. The normalized spacial score (nSPS) is 11.8. The first-order chi connectivity index (χ1) is 9.79. The summed E-state index contributed by atoms with van der Waals surface area (Å²) < 4.78 is 44.9. The SMILES string of the molecule is Cc1nc(CCNS(=O)(=O)c2cc(N)c(C)cc2F)no1. The quantitative estimate of drug-likeness (QED) is 0.794. The number of benzene rings is 1. The number of nitrogens with two attached hydrogens (primary N) is 1. The zero-order chi connectivity index (χ0) is 15.6. The van der Waals surface area contributed by atoms with Crippen LogP contribution in [0.1, 0.15) is 17.3 Å². The number of nitrogens with zero attached hydrogens (tertiary/aromatic N) is 2. The van der Waals surface area contributed by atoms with Crippen LogP contribution in [-0.2, 0) is 16.4 Å². The Bertz CT molecular complexity index is 758. The lowest BCUT2D eigenvalue weighted by Gasteiger charge is -2.09. The molecule has 0 bridgehead atoms. The molecule has 3 N–H and O–H groups in total. The van der Waals surface area contributed by atoms with Crippen molar-refractivity contribution in [3.05, 3.63) is 35.2 Å². The van der Waals surface area contributed by atoms with E-state index in [9.17, 15) is 12.8 Å². The second kappa shape index (κ2) is 5.78. The maximum absolute atomic E-state index is 13.8. The molecule has 0 aliphatic rings. The van der Waals surface area contributed by atoms with Crippen LogP contribution in [0.2, 0.25) is 0 Å². The number of sulfonamides is 1. The third-order valence-electron chi connectivity index (χ3n) is 2.82. The standard InChI is InChI=1S/C12H15FN4O3S/c1-7-5-9(13)11(6-10(7)14)21(18,19)15-4-3-12-16-8(2)20-17-12/h5-6,15H,3-4,14H2,1-2H3. The van der Waals surface area contributed by atoms with Crippen LogP contribution in [0.4, 0.5) is 10.1 Å². The van der Waals surface area contributed by atoms with E-state index in [1.165, 1.54) is 0 Å². The van der Waals surface area contributed by atoms with Crippen molar-refractivity contribution in [2.75, 3.05) is 12.3 Å². The molecule has 1 heterocycles. The van der Waals surface area contributed by atoms with E-state index in [2.05, 4.69) is 14.9 Å². The average Bonchev–Trinajstić information content (AvgIpc) is 2.79. The molecular weight excluding hydrogens is 299 g/mol. The number of nitrogens with one attached hydrogen (secondary N) is 1. The van der Waals surface area contributed by atoms with Gasteiger partial charge in [-0.05, 0) is 24.6 Å². The lowest BCUT2D eigenvalue weighted by Crippen LogP contribution is -2.27. The van der Waals surface area contributed by atoms with Crippen molar-refractivity contribution < 1.29 is 17.3 Å². The molecule has 0 spiro atoms. The number of aryl methyl sites for hydroxylation is 2. The minimum Gasteiger partial charge on any atom is -0.398 e. The second-order valence-corrected chi connectivity index (χ2v) is 6.25.